The lowest BCUT2D eigenvalue weighted by Crippen LogP contribution is -2.18. The van der Waals surface area contributed by atoms with E-state index in [0.717, 1.165) is 5.56 Å². The van der Waals surface area contributed by atoms with Crippen molar-refractivity contribution in [1.82, 2.24) is 4.72 Å². The molecule has 0 atom stereocenters. The van der Waals surface area contributed by atoms with E-state index in [4.69, 9.17) is 4.74 Å². The molecule has 0 spiro atoms. The van der Waals surface area contributed by atoms with Crippen LogP contribution in [0.5, 0.6) is 11.5 Å². The Morgan fingerprint density at radius 1 is 1.08 bits per heavy atom. The highest BCUT2D eigenvalue weighted by Gasteiger charge is 2.18. The van der Waals surface area contributed by atoms with Gasteiger partial charge in [-0.05, 0) is 73.8 Å². The predicted octanol–water partition coefficient (Wildman–Crippen LogP) is 4.27. The number of hydrogen-bond donors (Lipinski definition) is 1. The van der Waals surface area contributed by atoms with Crippen LogP contribution in [0.3, 0.4) is 0 Å². The van der Waals surface area contributed by atoms with Crippen molar-refractivity contribution in [3.05, 3.63) is 52.8 Å². The molecule has 0 unspecified atom stereocenters. The zero-order valence-electron chi connectivity index (χ0n) is 14.5. The molecule has 0 aliphatic heterocycles. The molecule has 2 aromatic carbocycles. The van der Waals surface area contributed by atoms with Gasteiger partial charge in [-0.25, -0.2) is 17.5 Å². The lowest BCUT2D eigenvalue weighted by atomic mass is 10.0. The van der Waals surface area contributed by atoms with Crippen molar-refractivity contribution >= 4 is 10.0 Å². The van der Waals surface area contributed by atoms with Gasteiger partial charge in [0.05, 0.1) is 4.90 Å². The zero-order valence-corrected chi connectivity index (χ0v) is 15.3. The summed E-state index contributed by atoms with van der Waals surface area (Å²) in [7, 11) is -2.15. The Labute approximate surface area is 142 Å². The van der Waals surface area contributed by atoms with Crippen molar-refractivity contribution < 1.29 is 17.5 Å². The number of nitrogens with one attached hydrogen (secondary N) is 1. The molecule has 0 saturated carbocycles. The minimum Gasteiger partial charge on any atom is -0.457 e. The van der Waals surface area contributed by atoms with Gasteiger partial charge >= 0.3 is 0 Å². The Balaban J connectivity index is 2.52. The molecule has 2 aromatic rings. The molecular formula is C18H22FNO3S. The summed E-state index contributed by atoms with van der Waals surface area (Å²) in [4.78, 5) is 0.189. The normalized spacial score (nSPS) is 11.8. The third-order valence-electron chi connectivity index (χ3n) is 3.82. The largest absolute Gasteiger partial charge is 0.457 e. The molecule has 0 aliphatic rings. The zero-order chi connectivity index (χ0) is 18.1. The highest BCUT2D eigenvalue weighted by atomic mass is 32.2. The van der Waals surface area contributed by atoms with Crippen LogP contribution in [-0.4, -0.2) is 15.5 Å². The molecule has 0 aromatic heterocycles. The number of hydrogen-bond acceptors (Lipinski definition) is 3. The second-order valence-electron chi connectivity index (χ2n) is 6.03. The molecule has 2 rings (SSSR count). The summed E-state index contributed by atoms with van der Waals surface area (Å²) in [6.07, 6.45) is 0. The number of rotatable bonds is 5. The SMILES string of the molecule is CNS(=O)(=O)c1ccc(Oc2c(C)cc(F)cc2C)c(C(C)C)c1. The molecule has 0 aliphatic carbocycles. The highest BCUT2D eigenvalue weighted by Crippen LogP contribution is 2.35. The Bertz CT molecular complexity index is 838. The lowest BCUT2D eigenvalue weighted by molar-refractivity contribution is 0.463. The number of aryl methyl sites for hydroxylation is 2. The van der Waals surface area contributed by atoms with E-state index in [0.29, 0.717) is 22.6 Å². The van der Waals surface area contributed by atoms with E-state index in [2.05, 4.69) is 4.72 Å². The van der Waals surface area contributed by atoms with E-state index in [9.17, 15) is 12.8 Å². The standard InChI is InChI=1S/C18H22FNO3S/c1-11(2)16-10-15(24(21,22)20-5)6-7-17(16)23-18-12(3)8-14(19)9-13(18)4/h6-11,20H,1-5H3. The maximum absolute atomic E-state index is 13.4. The maximum atomic E-state index is 13.4. The van der Waals surface area contributed by atoms with Crippen molar-refractivity contribution in [3.63, 3.8) is 0 Å². The van der Waals surface area contributed by atoms with Gasteiger partial charge < -0.3 is 4.74 Å². The molecule has 0 saturated heterocycles. The second kappa shape index (κ2) is 6.91. The topological polar surface area (TPSA) is 55.4 Å². The molecule has 0 fully saturated rings. The summed E-state index contributed by atoms with van der Waals surface area (Å²) in [6.45, 7) is 7.48. The third-order valence-corrected chi connectivity index (χ3v) is 5.23. The van der Waals surface area contributed by atoms with Crippen molar-refractivity contribution in [2.75, 3.05) is 7.05 Å². The second-order valence-corrected chi connectivity index (χ2v) is 7.92. The van der Waals surface area contributed by atoms with Crippen LogP contribution in [0.1, 0.15) is 36.5 Å². The average Bonchev–Trinajstić information content (AvgIpc) is 2.50. The maximum Gasteiger partial charge on any atom is 0.240 e. The first-order chi connectivity index (χ1) is 11.2. The summed E-state index contributed by atoms with van der Waals surface area (Å²) in [5.74, 6) is 0.908. The van der Waals surface area contributed by atoms with Gasteiger partial charge in [-0.15, -0.1) is 0 Å². The van der Waals surface area contributed by atoms with Crippen molar-refractivity contribution in [3.8, 4) is 11.5 Å². The van der Waals surface area contributed by atoms with Crippen molar-refractivity contribution in [2.45, 2.75) is 38.5 Å². The van der Waals surface area contributed by atoms with Crippen LogP contribution >= 0.6 is 0 Å². The van der Waals surface area contributed by atoms with Crippen molar-refractivity contribution in [2.24, 2.45) is 0 Å². The Hall–Kier alpha value is -1.92. The minimum atomic E-state index is -3.52. The van der Waals surface area contributed by atoms with Crippen LogP contribution in [0.2, 0.25) is 0 Å². The van der Waals surface area contributed by atoms with Gasteiger partial charge in [-0.3, -0.25) is 0 Å². The van der Waals surface area contributed by atoms with E-state index in [1.165, 1.54) is 25.2 Å². The van der Waals surface area contributed by atoms with E-state index in [1.54, 1.807) is 26.0 Å². The predicted molar refractivity (Wildman–Crippen MR) is 92.7 cm³/mol. The average molecular weight is 351 g/mol. The van der Waals surface area contributed by atoms with Crippen LogP contribution in [0.25, 0.3) is 0 Å². The number of benzene rings is 2. The number of sulfonamides is 1. The summed E-state index contributed by atoms with van der Waals surface area (Å²) < 4.78 is 45.8. The molecule has 0 radical (unpaired) electrons. The number of halogens is 1. The minimum absolute atomic E-state index is 0.0630. The van der Waals surface area contributed by atoms with E-state index in [-0.39, 0.29) is 16.6 Å². The van der Waals surface area contributed by atoms with Crippen LogP contribution in [0, 0.1) is 19.7 Å². The first-order valence-corrected chi connectivity index (χ1v) is 9.16. The Morgan fingerprint density at radius 3 is 2.17 bits per heavy atom. The van der Waals surface area contributed by atoms with Gasteiger partial charge in [-0.2, -0.15) is 0 Å². The molecule has 130 valence electrons. The molecule has 0 amide bonds. The van der Waals surface area contributed by atoms with Gasteiger partial charge in [0.25, 0.3) is 0 Å². The summed E-state index contributed by atoms with van der Waals surface area (Å²) >= 11 is 0. The fraction of sp³-hybridized carbons (Fsp3) is 0.333. The van der Waals surface area contributed by atoms with Gasteiger partial charge in [-0.1, -0.05) is 13.8 Å². The van der Waals surface area contributed by atoms with Crippen LogP contribution < -0.4 is 9.46 Å². The molecule has 1 N–H and O–H groups in total. The van der Waals surface area contributed by atoms with Crippen molar-refractivity contribution in [1.29, 1.82) is 0 Å². The molecule has 0 heterocycles. The molecule has 0 bridgehead atoms. The molecular weight excluding hydrogens is 329 g/mol. The fourth-order valence-corrected chi connectivity index (χ4v) is 3.29. The first kappa shape index (κ1) is 18.4. The van der Waals surface area contributed by atoms with Gasteiger partial charge in [0.2, 0.25) is 10.0 Å². The van der Waals surface area contributed by atoms with E-state index in [1.807, 2.05) is 13.8 Å². The highest BCUT2D eigenvalue weighted by molar-refractivity contribution is 7.89. The number of ether oxygens (including phenoxy) is 1. The third kappa shape index (κ3) is 3.76. The summed E-state index contributed by atoms with van der Waals surface area (Å²) in [5, 5.41) is 0. The summed E-state index contributed by atoms with van der Waals surface area (Å²) in [6, 6.07) is 7.58. The smallest absolute Gasteiger partial charge is 0.240 e. The first-order valence-electron chi connectivity index (χ1n) is 7.67. The Morgan fingerprint density at radius 2 is 1.67 bits per heavy atom. The monoisotopic (exact) mass is 351 g/mol. The van der Waals surface area contributed by atoms with Gasteiger partial charge in [0.1, 0.15) is 17.3 Å². The van der Waals surface area contributed by atoms with Crippen LogP contribution in [0.15, 0.2) is 35.2 Å². The summed E-state index contributed by atoms with van der Waals surface area (Å²) in [5.41, 5.74) is 2.15. The molecule has 4 nitrogen and oxygen atoms in total. The lowest BCUT2D eigenvalue weighted by Gasteiger charge is -2.18. The van der Waals surface area contributed by atoms with Gasteiger partial charge in [0, 0.05) is 0 Å². The molecule has 24 heavy (non-hydrogen) atoms. The quantitative estimate of drug-likeness (QED) is 0.875. The van der Waals surface area contributed by atoms with Crippen LogP contribution in [-0.2, 0) is 10.0 Å². The van der Waals surface area contributed by atoms with E-state index >= 15 is 0 Å². The molecule has 6 heteroatoms. The fourth-order valence-electron chi connectivity index (χ4n) is 2.52. The van der Waals surface area contributed by atoms with Crippen LogP contribution in [0.4, 0.5) is 4.39 Å². The van der Waals surface area contributed by atoms with E-state index < -0.39 is 10.0 Å². The van der Waals surface area contributed by atoms with Gasteiger partial charge in [0.15, 0.2) is 0 Å². The Kier molecular flexibility index (Phi) is 5.30.